The van der Waals surface area contributed by atoms with Crippen molar-refractivity contribution in [2.45, 2.75) is 72.4 Å². The molecule has 2 aliphatic heterocycles. The Morgan fingerprint density at radius 3 is 2.44 bits per heavy atom. The summed E-state index contributed by atoms with van der Waals surface area (Å²) >= 11 is 0. The van der Waals surface area contributed by atoms with Gasteiger partial charge in [0.2, 0.25) is 5.91 Å². The van der Waals surface area contributed by atoms with Gasteiger partial charge in [0.1, 0.15) is 5.60 Å². The molecule has 2 aliphatic rings. The van der Waals surface area contributed by atoms with Crippen LogP contribution in [0, 0.1) is 0 Å². The van der Waals surface area contributed by atoms with Gasteiger partial charge in [-0.3, -0.25) is 9.79 Å². The number of amides is 1. The van der Waals surface area contributed by atoms with Gasteiger partial charge >= 0.3 is 5.97 Å². The summed E-state index contributed by atoms with van der Waals surface area (Å²) in [4.78, 5) is 31.8. The Hall–Kier alpha value is -3.35. The largest absolute Gasteiger partial charge is 0.490 e. The van der Waals surface area contributed by atoms with Gasteiger partial charge in [-0.15, -0.1) is 0 Å². The van der Waals surface area contributed by atoms with E-state index in [0.717, 1.165) is 52.3 Å². The number of esters is 1. The molecule has 0 spiro atoms. The van der Waals surface area contributed by atoms with Gasteiger partial charge in [0.25, 0.3) is 0 Å². The summed E-state index contributed by atoms with van der Waals surface area (Å²) in [6, 6.07) is 7.58. The zero-order chi connectivity index (χ0) is 26.4. The number of benzene rings is 2. The quantitative estimate of drug-likeness (QED) is 0.523. The molecule has 1 amide bonds. The maximum atomic E-state index is 12.6. The van der Waals surface area contributed by atoms with E-state index >= 15 is 0 Å². The molecule has 7 heteroatoms. The lowest BCUT2D eigenvalue weighted by atomic mass is 9.80. The second-order valence-corrected chi connectivity index (χ2v) is 10.6. The van der Waals surface area contributed by atoms with Gasteiger partial charge in [0.15, 0.2) is 11.5 Å². The smallest absolute Gasteiger partial charge is 0.339 e. The normalized spacial score (nSPS) is 16.8. The molecule has 0 saturated carbocycles. The summed E-state index contributed by atoms with van der Waals surface area (Å²) in [5.41, 5.74) is 5.12. The Morgan fingerprint density at radius 1 is 1.11 bits per heavy atom. The monoisotopic (exact) mass is 492 g/mol. The number of anilines is 1. The highest BCUT2D eigenvalue weighted by atomic mass is 16.5. The number of methoxy groups -OCH3 is 1. The van der Waals surface area contributed by atoms with Crippen LogP contribution in [0.3, 0.4) is 0 Å². The van der Waals surface area contributed by atoms with Crippen molar-refractivity contribution in [2.24, 2.45) is 4.99 Å². The van der Waals surface area contributed by atoms with Crippen LogP contribution in [0.15, 0.2) is 29.3 Å². The number of ether oxygens (including phenoxy) is 3. The fourth-order valence-corrected chi connectivity index (χ4v) is 5.29. The maximum Gasteiger partial charge on any atom is 0.339 e. The van der Waals surface area contributed by atoms with Crippen molar-refractivity contribution < 1.29 is 23.8 Å². The molecule has 0 fully saturated rings. The fraction of sp³-hybridized carbons (Fsp3) is 0.483. The molecule has 4 rings (SSSR count). The first-order valence-corrected chi connectivity index (χ1v) is 12.5. The number of carbonyl (C=O) groups excluding carboxylic acids is 2. The van der Waals surface area contributed by atoms with Gasteiger partial charge in [0.05, 0.1) is 36.2 Å². The van der Waals surface area contributed by atoms with Gasteiger partial charge in [-0.1, -0.05) is 6.07 Å². The molecule has 7 nitrogen and oxygen atoms in total. The van der Waals surface area contributed by atoms with Crippen molar-refractivity contribution in [1.82, 2.24) is 0 Å². The number of hydrogen-bond donors (Lipinski definition) is 0. The Bertz CT molecular complexity index is 1260. The zero-order valence-electron chi connectivity index (χ0n) is 22.6. The molecule has 192 valence electrons. The molecule has 0 radical (unpaired) electrons. The molecule has 0 saturated heterocycles. The summed E-state index contributed by atoms with van der Waals surface area (Å²) in [6.07, 6.45) is 1.49. The van der Waals surface area contributed by atoms with E-state index in [-0.39, 0.29) is 17.0 Å². The Kier molecular flexibility index (Phi) is 6.62. The molecule has 0 unspecified atom stereocenters. The van der Waals surface area contributed by atoms with Gasteiger partial charge in [-0.2, -0.15) is 0 Å². The summed E-state index contributed by atoms with van der Waals surface area (Å²) in [5, 5.41) is 0. The number of nitrogens with zero attached hydrogens (tertiary/aromatic N) is 2. The van der Waals surface area contributed by atoms with E-state index < -0.39 is 5.97 Å². The third-order valence-electron chi connectivity index (χ3n) is 6.64. The van der Waals surface area contributed by atoms with Gasteiger partial charge in [-0.05, 0) is 71.7 Å². The number of hydrogen-bond acceptors (Lipinski definition) is 6. The van der Waals surface area contributed by atoms with E-state index in [1.807, 2.05) is 26.0 Å². The first-order chi connectivity index (χ1) is 16.9. The summed E-state index contributed by atoms with van der Waals surface area (Å²) in [7, 11) is 1.34. The highest BCUT2D eigenvalue weighted by Gasteiger charge is 2.40. The molecule has 2 aromatic carbocycles. The van der Waals surface area contributed by atoms with Crippen molar-refractivity contribution in [3.63, 3.8) is 0 Å². The summed E-state index contributed by atoms with van der Waals surface area (Å²) < 4.78 is 17.4. The van der Waals surface area contributed by atoms with Crippen LogP contribution < -0.4 is 14.4 Å². The van der Waals surface area contributed by atoms with E-state index in [2.05, 4.69) is 33.8 Å². The van der Waals surface area contributed by atoms with Gasteiger partial charge in [-0.25, -0.2) is 4.79 Å². The lowest BCUT2D eigenvalue weighted by molar-refractivity contribution is -0.116. The number of rotatable bonds is 6. The topological polar surface area (TPSA) is 77.4 Å². The summed E-state index contributed by atoms with van der Waals surface area (Å²) in [6.45, 7) is 14.7. The SMILES string of the molecule is CCOc1cc2c(c3c1OC(C)(C)C3)C(c1ccc(C(=O)OC)c(N(CC)C(C)=O)c1)=NC(C)(C)C2. The molecule has 0 aromatic heterocycles. The average molecular weight is 493 g/mol. The van der Waals surface area contributed by atoms with E-state index in [9.17, 15) is 9.59 Å². The molecule has 0 N–H and O–H groups in total. The van der Waals surface area contributed by atoms with E-state index in [4.69, 9.17) is 19.2 Å². The Labute approximate surface area is 213 Å². The highest BCUT2D eigenvalue weighted by molar-refractivity contribution is 6.17. The van der Waals surface area contributed by atoms with Crippen LogP contribution in [0.1, 0.15) is 81.1 Å². The molecule has 2 aromatic rings. The minimum absolute atomic E-state index is 0.150. The molecular formula is C29H36N2O5. The maximum absolute atomic E-state index is 12.6. The molecule has 2 heterocycles. The van der Waals surface area contributed by atoms with Crippen LogP contribution in [0.5, 0.6) is 11.5 Å². The van der Waals surface area contributed by atoms with Crippen LogP contribution in [0.25, 0.3) is 0 Å². The summed E-state index contributed by atoms with van der Waals surface area (Å²) in [5.74, 6) is 0.908. The minimum Gasteiger partial charge on any atom is -0.490 e. The first-order valence-electron chi connectivity index (χ1n) is 12.5. The molecule has 0 bridgehead atoms. The molecule has 0 aliphatic carbocycles. The van der Waals surface area contributed by atoms with Crippen LogP contribution >= 0.6 is 0 Å². The first kappa shape index (κ1) is 25.7. The van der Waals surface area contributed by atoms with Gasteiger partial charge in [0, 0.05) is 36.6 Å². The van der Waals surface area contributed by atoms with Crippen molar-refractivity contribution >= 4 is 23.3 Å². The predicted molar refractivity (Wildman–Crippen MR) is 141 cm³/mol. The van der Waals surface area contributed by atoms with Crippen molar-refractivity contribution in [2.75, 3.05) is 25.2 Å². The molecular weight excluding hydrogens is 456 g/mol. The number of carbonyl (C=O) groups is 2. The minimum atomic E-state index is -0.486. The number of fused-ring (bicyclic) bond motifs is 3. The zero-order valence-corrected chi connectivity index (χ0v) is 22.6. The van der Waals surface area contributed by atoms with E-state index in [1.165, 1.54) is 14.0 Å². The van der Waals surface area contributed by atoms with Crippen LogP contribution in [-0.4, -0.2) is 49.0 Å². The van der Waals surface area contributed by atoms with E-state index in [0.29, 0.717) is 24.4 Å². The molecule has 36 heavy (non-hydrogen) atoms. The standard InChI is InChI=1S/C29H36N2O5/c1-9-31(17(3)32)22-13-18(11-12-20(22)27(33)34-8)25-24-19(15-28(4,5)30-25)14-23(35-10-2)26-21(24)16-29(6,7)36-26/h11-14H,9-10,15-16H2,1-8H3. The third-order valence-corrected chi connectivity index (χ3v) is 6.64. The second kappa shape index (κ2) is 9.26. The van der Waals surface area contributed by atoms with Crippen molar-refractivity contribution in [3.05, 3.63) is 52.1 Å². The Morgan fingerprint density at radius 2 is 1.83 bits per heavy atom. The fourth-order valence-electron chi connectivity index (χ4n) is 5.29. The predicted octanol–water partition coefficient (Wildman–Crippen LogP) is 5.13. The van der Waals surface area contributed by atoms with E-state index in [1.54, 1.807) is 11.0 Å². The van der Waals surface area contributed by atoms with Crippen molar-refractivity contribution in [1.29, 1.82) is 0 Å². The molecule has 0 atom stereocenters. The second-order valence-electron chi connectivity index (χ2n) is 10.6. The highest BCUT2D eigenvalue weighted by Crippen LogP contribution is 2.48. The van der Waals surface area contributed by atoms with Gasteiger partial charge < -0.3 is 19.1 Å². The van der Waals surface area contributed by atoms with Crippen LogP contribution in [0.4, 0.5) is 5.69 Å². The Balaban J connectivity index is 1.98. The van der Waals surface area contributed by atoms with Crippen molar-refractivity contribution in [3.8, 4) is 11.5 Å². The lowest BCUT2D eigenvalue weighted by Crippen LogP contribution is -2.32. The number of aliphatic imine (C=N–C) groups is 1. The average Bonchev–Trinajstić information content (AvgIpc) is 3.13. The lowest BCUT2D eigenvalue weighted by Gasteiger charge is -2.31. The third kappa shape index (κ3) is 4.59. The van der Waals surface area contributed by atoms with Crippen LogP contribution in [0.2, 0.25) is 0 Å². The van der Waals surface area contributed by atoms with Crippen LogP contribution in [-0.2, 0) is 22.4 Å².